The minimum atomic E-state index is -1.35. The van der Waals surface area contributed by atoms with E-state index in [2.05, 4.69) is 11.2 Å². The summed E-state index contributed by atoms with van der Waals surface area (Å²) in [5, 5.41) is 10.9. The predicted octanol–water partition coefficient (Wildman–Crippen LogP) is 1.12. The van der Waals surface area contributed by atoms with Crippen LogP contribution in [0.25, 0.3) is 0 Å². The Kier molecular flexibility index (Phi) is 3.97. The van der Waals surface area contributed by atoms with Gasteiger partial charge in [0.05, 0.1) is 0 Å². The quantitative estimate of drug-likeness (QED) is 0.741. The number of aliphatic carboxylic acids is 1. The third-order valence-corrected chi connectivity index (χ3v) is 1.81. The Morgan fingerprint density at radius 1 is 1.44 bits per heavy atom. The van der Waals surface area contributed by atoms with E-state index in [0.717, 1.165) is 12.1 Å². The summed E-state index contributed by atoms with van der Waals surface area (Å²) in [4.78, 5) is 10.1. The van der Waals surface area contributed by atoms with Gasteiger partial charge in [-0.1, -0.05) is 5.92 Å². The Balaban J connectivity index is 3.11. The van der Waals surface area contributed by atoms with Gasteiger partial charge >= 0.3 is 5.97 Å². The number of hydrogen-bond acceptors (Lipinski definition) is 2. The fourth-order valence-corrected chi connectivity index (χ4v) is 1.15. The van der Waals surface area contributed by atoms with Crippen LogP contribution in [0.2, 0.25) is 0 Å². The molecule has 0 aliphatic rings. The summed E-state index contributed by atoms with van der Waals surface area (Å²) in [6, 6.07) is 2.01. The van der Waals surface area contributed by atoms with Crippen LogP contribution in [0, 0.1) is 23.5 Å². The molecule has 1 rings (SSSR count). The average molecular weight is 225 g/mol. The van der Waals surface area contributed by atoms with Crippen molar-refractivity contribution in [3.63, 3.8) is 0 Å². The molecule has 0 atom stereocenters. The predicted molar refractivity (Wildman–Crippen MR) is 53.6 cm³/mol. The highest BCUT2D eigenvalue weighted by Crippen LogP contribution is 2.14. The molecule has 2 N–H and O–H groups in total. The lowest BCUT2D eigenvalue weighted by molar-refractivity contribution is -0.130. The molecule has 0 spiro atoms. The Hall–Kier alpha value is -1.93. The lowest BCUT2D eigenvalue weighted by Gasteiger charge is -2.04. The highest BCUT2D eigenvalue weighted by molar-refractivity contribution is 5.87. The summed E-state index contributed by atoms with van der Waals surface area (Å²) in [6.45, 7) is 0.0598. The van der Waals surface area contributed by atoms with Crippen molar-refractivity contribution in [2.75, 3.05) is 7.05 Å². The van der Waals surface area contributed by atoms with E-state index in [4.69, 9.17) is 5.11 Å². The molecule has 16 heavy (non-hydrogen) atoms. The van der Waals surface area contributed by atoms with Crippen molar-refractivity contribution in [1.82, 2.24) is 5.32 Å². The SMILES string of the molecule is CNCc1c(F)cc(C#CC(=O)O)cc1F. The number of carboxylic acids is 1. The van der Waals surface area contributed by atoms with E-state index in [1.165, 1.54) is 0 Å². The fraction of sp³-hybridized carbons (Fsp3) is 0.182. The topological polar surface area (TPSA) is 49.3 Å². The van der Waals surface area contributed by atoms with Gasteiger partial charge in [-0.3, -0.25) is 0 Å². The number of carboxylic acid groups (broad SMARTS) is 1. The highest BCUT2D eigenvalue weighted by Gasteiger charge is 2.09. The second kappa shape index (κ2) is 5.24. The summed E-state index contributed by atoms with van der Waals surface area (Å²) in [7, 11) is 1.57. The van der Waals surface area contributed by atoms with E-state index in [9.17, 15) is 13.6 Å². The molecule has 0 unspecified atom stereocenters. The lowest BCUT2D eigenvalue weighted by Crippen LogP contribution is -2.09. The molecule has 0 fully saturated rings. The molecule has 1 aromatic rings. The van der Waals surface area contributed by atoms with Crippen LogP contribution in [0.3, 0.4) is 0 Å². The smallest absolute Gasteiger partial charge is 0.382 e. The summed E-state index contributed by atoms with van der Waals surface area (Å²) < 4.78 is 26.7. The first-order chi connectivity index (χ1) is 7.54. The number of hydrogen-bond donors (Lipinski definition) is 2. The lowest BCUT2D eigenvalue weighted by atomic mass is 10.1. The normalized spacial score (nSPS) is 9.44. The number of carbonyl (C=O) groups is 1. The zero-order valence-electron chi connectivity index (χ0n) is 8.47. The maximum absolute atomic E-state index is 13.3. The Labute approximate surface area is 91.1 Å². The van der Waals surface area contributed by atoms with Crippen molar-refractivity contribution < 1.29 is 18.7 Å². The van der Waals surface area contributed by atoms with Gasteiger partial charge < -0.3 is 10.4 Å². The zero-order chi connectivity index (χ0) is 12.1. The third-order valence-electron chi connectivity index (χ3n) is 1.81. The number of rotatable bonds is 2. The monoisotopic (exact) mass is 225 g/mol. The van der Waals surface area contributed by atoms with Crippen LogP contribution in [0.5, 0.6) is 0 Å². The van der Waals surface area contributed by atoms with Gasteiger partial charge in [0.15, 0.2) is 0 Å². The second-order valence-corrected chi connectivity index (χ2v) is 3.00. The van der Waals surface area contributed by atoms with Gasteiger partial charge in [-0.15, -0.1) is 0 Å². The minimum absolute atomic E-state index is 0.00254. The first-order valence-electron chi connectivity index (χ1n) is 4.42. The molecular weight excluding hydrogens is 216 g/mol. The number of halogens is 2. The second-order valence-electron chi connectivity index (χ2n) is 3.00. The Morgan fingerprint density at radius 2 is 2.00 bits per heavy atom. The minimum Gasteiger partial charge on any atom is -0.472 e. The van der Waals surface area contributed by atoms with Crippen molar-refractivity contribution in [2.45, 2.75) is 6.54 Å². The zero-order valence-corrected chi connectivity index (χ0v) is 8.47. The molecular formula is C11H9F2NO2. The van der Waals surface area contributed by atoms with Gasteiger partial charge in [-0.25, -0.2) is 13.6 Å². The maximum Gasteiger partial charge on any atom is 0.382 e. The van der Waals surface area contributed by atoms with Gasteiger partial charge in [0, 0.05) is 23.6 Å². The van der Waals surface area contributed by atoms with E-state index in [1.54, 1.807) is 13.0 Å². The average Bonchev–Trinajstić information content (AvgIpc) is 2.20. The van der Waals surface area contributed by atoms with Gasteiger partial charge in [0.25, 0.3) is 0 Å². The summed E-state index contributed by atoms with van der Waals surface area (Å²) in [6.07, 6.45) is 0. The van der Waals surface area contributed by atoms with Crippen LogP contribution >= 0.6 is 0 Å². The van der Waals surface area contributed by atoms with E-state index in [0.29, 0.717) is 0 Å². The molecule has 0 saturated carbocycles. The first kappa shape index (κ1) is 12.1. The molecule has 3 nitrogen and oxygen atoms in total. The number of benzene rings is 1. The van der Waals surface area contributed by atoms with E-state index < -0.39 is 17.6 Å². The Bertz CT molecular complexity index is 452. The van der Waals surface area contributed by atoms with Gasteiger partial charge in [-0.2, -0.15) is 0 Å². The van der Waals surface area contributed by atoms with Crippen LogP contribution < -0.4 is 5.32 Å². The third kappa shape index (κ3) is 3.04. The Morgan fingerprint density at radius 3 is 2.44 bits per heavy atom. The van der Waals surface area contributed by atoms with E-state index in [1.807, 2.05) is 0 Å². The van der Waals surface area contributed by atoms with Crippen molar-refractivity contribution in [3.8, 4) is 11.8 Å². The maximum atomic E-state index is 13.3. The summed E-state index contributed by atoms with van der Waals surface area (Å²) in [5.41, 5.74) is -0.0966. The van der Waals surface area contributed by atoms with Gasteiger partial charge in [0.2, 0.25) is 0 Å². The summed E-state index contributed by atoms with van der Waals surface area (Å²) >= 11 is 0. The molecule has 0 radical (unpaired) electrons. The van der Waals surface area contributed by atoms with Gasteiger partial charge in [-0.05, 0) is 19.2 Å². The van der Waals surface area contributed by atoms with Crippen LogP contribution in [-0.2, 0) is 11.3 Å². The van der Waals surface area contributed by atoms with Crippen LogP contribution in [0.4, 0.5) is 8.78 Å². The molecule has 0 heterocycles. The molecule has 84 valence electrons. The van der Waals surface area contributed by atoms with Crippen molar-refractivity contribution in [2.24, 2.45) is 0 Å². The van der Waals surface area contributed by atoms with Crippen molar-refractivity contribution in [3.05, 3.63) is 34.9 Å². The van der Waals surface area contributed by atoms with Gasteiger partial charge in [0.1, 0.15) is 11.6 Å². The van der Waals surface area contributed by atoms with Crippen LogP contribution in [-0.4, -0.2) is 18.1 Å². The molecule has 5 heteroatoms. The molecule has 0 aromatic heterocycles. The number of nitrogens with one attached hydrogen (secondary N) is 1. The van der Waals surface area contributed by atoms with E-state index in [-0.39, 0.29) is 17.7 Å². The fourth-order valence-electron chi connectivity index (χ4n) is 1.15. The van der Waals surface area contributed by atoms with Crippen LogP contribution in [0.15, 0.2) is 12.1 Å². The molecule has 1 aromatic carbocycles. The van der Waals surface area contributed by atoms with Crippen molar-refractivity contribution >= 4 is 5.97 Å². The molecule has 0 amide bonds. The highest BCUT2D eigenvalue weighted by atomic mass is 19.1. The standard InChI is InChI=1S/C11H9F2NO2/c1-14-6-8-9(12)4-7(5-10(8)13)2-3-11(15)16/h4-5,14H,6H2,1H3,(H,15,16). The molecule has 0 bridgehead atoms. The molecule has 0 saturated heterocycles. The molecule has 0 aliphatic heterocycles. The van der Waals surface area contributed by atoms with Crippen LogP contribution in [0.1, 0.15) is 11.1 Å². The molecule has 0 aliphatic carbocycles. The first-order valence-corrected chi connectivity index (χ1v) is 4.42. The van der Waals surface area contributed by atoms with Crippen molar-refractivity contribution in [1.29, 1.82) is 0 Å². The summed E-state index contributed by atoms with van der Waals surface area (Å²) in [5.74, 6) is 1.09. The van der Waals surface area contributed by atoms with E-state index >= 15 is 0 Å². The largest absolute Gasteiger partial charge is 0.472 e.